The van der Waals surface area contributed by atoms with Gasteiger partial charge in [0.1, 0.15) is 0 Å². The fourth-order valence-corrected chi connectivity index (χ4v) is 3.67. The predicted octanol–water partition coefficient (Wildman–Crippen LogP) is 3.39. The Bertz CT molecular complexity index is 451. The Morgan fingerprint density at radius 1 is 1.00 bits per heavy atom. The highest BCUT2D eigenvalue weighted by Crippen LogP contribution is 2.32. The van der Waals surface area contributed by atoms with Gasteiger partial charge in [0.15, 0.2) is 0 Å². The van der Waals surface area contributed by atoms with E-state index in [2.05, 4.69) is 41.0 Å². The van der Waals surface area contributed by atoms with Crippen LogP contribution in [0.2, 0.25) is 0 Å². The first-order valence-corrected chi connectivity index (χ1v) is 8.41. The summed E-state index contributed by atoms with van der Waals surface area (Å²) in [7, 11) is 0. The van der Waals surface area contributed by atoms with Crippen LogP contribution in [0.3, 0.4) is 0 Å². The van der Waals surface area contributed by atoms with E-state index in [1.165, 1.54) is 31.2 Å². The molecule has 1 aliphatic carbocycles. The normalized spacial score (nSPS) is 28.5. The van der Waals surface area contributed by atoms with Gasteiger partial charge in [-0.15, -0.1) is 12.4 Å². The minimum atomic E-state index is 0. The number of benzene rings is 1. The number of halogens is 1. The standard InChI is InChI=1S/C18H26N2O.ClH/c21-18(17-8-4-5-13-19-17)20-16-11-9-15(10-12-16)14-6-2-1-3-7-14;/h1-3,6-7,15-17,19H,4-5,8-13H2,(H,20,21);1H/t15?,16?,17-;/m0./s1. The van der Waals surface area contributed by atoms with E-state index in [0.717, 1.165) is 25.8 Å². The summed E-state index contributed by atoms with van der Waals surface area (Å²) in [6.07, 6.45) is 7.96. The first-order valence-electron chi connectivity index (χ1n) is 8.41. The molecule has 3 nitrogen and oxygen atoms in total. The van der Waals surface area contributed by atoms with Crippen molar-refractivity contribution in [1.29, 1.82) is 0 Å². The van der Waals surface area contributed by atoms with Crippen LogP contribution in [0.25, 0.3) is 0 Å². The summed E-state index contributed by atoms with van der Waals surface area (Å²) < 4.78 is 0. The van der Waals surface area contributed by atoms with Crippen molar-refractivity contribution in [1.82, 2.24) is 10.6 Å². The Kier molecular flexibility index (Phi) is 6.71. The average molecular weight is 323 g/mol. The summed E-state index contributed by atoms with van der Waals surface area (Å²) in [5.74, 6) is 0.894. The molecule has 1 saturated heterocycles. The molecular weight excluding hydrogens is 296 g/mol. The average Bonchev–Trinajstić information content (AvgIpc) is 2.57. The Morgan fingerprint density at radius 2 is 1.73 bits per heavy atom. The second-order valence-corrected chi connectivity index (χ2v) is 6.47. The number of hydrogen-bond donors (Lipinski definition) is 2. The molecule has 1 amide bonds. The zero-order valence-electron chi connectivity index (χ0n) is 13.1. The monoisotopic (exact) mass is 322 g/mol. The van der Waals surface area contributed by atoms with E-state index >= 15 is 0 Å². The van der Waals surface area contributed by atoms with Gasteiger partial charge in [0.25, 0.3) is 0 Å². The van der Waals surface area contributed by atoms with Crippen LogP contribution in [-0.2, 0) is 4.79 Å². The second-order valence-electron chi connectivity index (χ2n) is 6.47. The maximum absolute atomic E-state index is 12.2. The van der Waals surface area contributed by atoms with Crippen LogP contribution in [0.1, 0.15) is 56.4 Å². The molecule has 1 aromatic rings. The Hall–Kier alpha value is -1.06. The van der Waals surface area contributed by atoms with E-state index in [0.29, 0.717) is 12.0 Å². The maximum atomic E-state index is 12.2. The highest BCUT2D eigenvalue weighted by Gasteiger charge is 2.26. The topological polar surface area (TPSA) is 41.1 Å². The van der Waals surface area contributed by atoms with Gasteiger partial charge in [0.2, 0.25) is 5.91 Å². The molecule has 1 aromatic carbocycles. The predicted molar refractivity (Wildman–Crippen MR) is 92.5 cm³/mol. The lowest BCUT2D eigenvalue weighted by Gasteiger charge is -2.31. The number of hydrogen-bond acceptors (Lipinski definition) is 2. The number of carbonyl (C=O) groups is 1. The van der Waals surface area contributed by atoms with E-state index in [-0.39, 0.29) is 24.4 Å². The largest absolute Gasteiger partial charge is 0.352 e. The van der Waals surface area contributed by atoms with Gasteiger partial charge in [-0.2, -0.15) is 0 Å². The van der Waals surface area contributed by atoms with Gasteiger partial charge < -0.3 is 10.6 Å². The summed E-state index contributed by atoms with van der Waals surface area (Å²) in [5, 5.41) is 6.59. The van der Waals surface area contributed by atoms with Crippen molar-refractivity contribution in [3.8, 4) is 0 Å². The highest BCUT2D eigenvalue weighted by molar-refractivity contribution is 5.85. The molecule has 2 N–H and O–H groups in total. The molecule has 0 radical (unpaired) electrons. The lowest BCUT2D eigenvalue weighted by molar-refractivity contribution is -0.124. The Balaban J connectivity index is 0.00000176. The zero-order valence-corrected chi connectivity index (χ0v) is 13.9. The van der Waals surface area contributed by atoms with Crippen molar-refractivity contribution in [2.75, 3.05) is 6.54 Å². The molecule has 2 aliphatic rings. The van der Waals surface area contributed by atoms with Crippen molar-refractivity contribution in [2.45, 2.75) is 62.9 Å². The Labute approximate surface area is 139 Å². The lowest BCUT2D eigenvalue weighted by Crippen LogP contribution is -2.50. The van der Waals surface area contributed by atoms with Crippen LogP contribution >= 0.6 is 12.4 Å². The summed E-state index contributed by atoms with van der Waals surface area (Å²) >= 11 is 0. The van der Waals surface area contributed by atoms with Crippen molar-refractivity contribution in [3.05, 3.63) is 35.9 Å². The van der Waals surface area contributed by atoms with Crippen LogP contribution < -0.4 is 10.6 Å². The number of carbonyl (C=O) groups excluding carboxylic acids is 1. The fraction of sp³-hybridized carbons (Fsp3) is 0.611. The molecule has 1 aliphatic heterocycles. The molecule has 22 heavy (non-hydrogen) atoms. The Morgan fingerprint density at radius 3 is 2.36 bits per heavy atom. The third-order valence-corrected chi connectivity index (χ3v) is 4.97. The van der Waals surface area contributed by atoms with Gasteiger partial charge in [-0.3, -0.25) is 4.79 Å². The molecule has 0 aromatic heterocycles. The minimum Gasteiger partial charge on any atom is -0.352 e. The zero-order chi connectivity index (χ0) is 14.5. The third kappa shape index (κ3) is 4.47. The smallest absolute Gasteiger partial charge is 0.237 e. The molecule has 1 saturated carbocycles. The van der Waals surface area contributed by atoms with Crippen molar-refractivity contribution in [2.24, 2.45) is 0 Å². The van der Waals surface area contributed by atoms with Gasteiger partial charge in [0, 0.05) is 6.04 Å². The molecule has 1 atom stereocenters. The van der Waals surface area contributed by atoms with E-state index < -0.39 is 0 Å². The van der Waals surface area contributed by atoms with E-state index in [1.807, 2.05) is 0 Å². The third-order valence-electron chi connectivity index (χ3n) is 4.97. The molecule has 4 heteroatoms. The molecule has 0 bridgehead atoms. The number of piperidine rings is 1. The quantitative estimate of drug-likeness (QED) is 0.895. The van der Waals surface area contributed by atoms with Crippen LogP contribution in [0, 0.1) is 0 Å². The van der Waals surface area contributed by atoms with Crippen LogP contribution in [0.4, 0.5) is 0 Å². The van der Waals surface area contributed by atoms with Crippen molar-refractivity contribution in [3.63, 3.8) is 0 Å². The SMILES string of the molecule is Cl.O=C(NC1CCC(c2ccccc2)CC1)[C@@H]1CCCCN1. The highest BCUT2D eigenvalue weighted by atomic mass is 35.5. The minimum absolute atomic E-state index is 0. The van der Waals surface area contributed by atoms with Gasteiger partial charge in [0.05, 0.1) is 6.04 Å². The van der Waals surface area contributed by atoms with E-state index in [9.17, 15) is 4.79 Å². The molecule has 1 heterocycles. The van der Waals surface area contributed by atoms with Crippen LogP contribution in [0.5, 0.6) is 0 Å². The van der Waals surface area contributed by atoms with Crippen molar-refractivity contribution < 1.29 is 4.79 Å². The number of nitrogens with one attached hydrogen (secondary N) is 2. The van der Waals surface area contributed by atoms with E-state index in [1.54, 1.807) is 0 Å². The molecule has 0 spiro atoms. The maximum Gasteiger partial charge on any atom is 0.237 e. The first-order chi connectivity index (χ1) is 10.3. The van der Waals surface area contributed by atoms with Gasteiger partial charge in [-0.05, 0) is 56.6 Å². The van der Waals surface area contributed by atoms with Crippen molar-refractivity contribution >= 4 is 18.3 Å². The first kappa shape index (κ1) is 17.3. The number of amides is 1. The van der Waals surface area contributed by atoms with Crippen LogP contribution in [0.15, 0.2) is 30.3 Å². The number of rotatable bonds is 3. The summed E-state index contributed by atoms with van der Waals surface area (Å²) in [4.78, 5) is 12.2. The molecule has 0 unspecified atom stereocenters. The van der Waals surface area contributed by atoms with E-state index in [4.69, 9.17) is 0 Å². The van der Waals surface area contributed by atoms with Gasteiger partial charge in [-0.25, -0.2) is 0 Å². The molecule has 122 valence electrons. The van der Waals surface area contributed by atoms with Crippen LogP contribution in [-0.4, -0.2) is 24.5 Å². The molecule has 2 fully saturated rings. The molecular formula is C18H27ClN2O. The van der Waals surface area contributed by atoms with Gasteiger partial charge >= 0.3 is 0 Å². The summed E-state index contributed by atoms with van der Waals surface area (Å²) in [6.45, 7) is 0.985. The summed E-state index contributed by atoms with van der Waals surface area (Å²) in [5.41, 5.74) is 1.45. The summed E-state index contributed by atoms with van der Waals surface area (Å²) in [6, 6.07) is 11.2. The van der Waals surface area contributed by atoms with Gasteiger partial charge in [-0.1, -0.05) is 36.8 Å². The fourth-order valence-electron chi connectivity index (χ4n) is 3.67. The lowest BCUT2D eigenvalue weighted by atomic mass is 9.81. The molecule has 3 rings (SSSR count). The second kappa shape index (κ2) is 8.54.